The monoisotopic (exact) mass is 383 g/mol. The van der Waals surface area contributed by atoms with Gasteiger partial charge < -0.3 is 9.80 Å². The summed E-state index contributed by atoms with van der Waals surface area (Å²) in [6.07, 6.45) is 2.39. The molecule has 4 rings (SSSR count). The highest BCUT2D eigenvalue weighted by atomic mass is 35.5. The summed E-state index contributed by atoms with van der Waals surface area (Å²) in [4.78, 5) is 19.8. The molecule has 0 spiro atoms. The molecule has 1 atom stereocenters. The SMILES string of the molecule is CC(C(=O)N1CCN(Cc2ccc(Cl)cc2)c2ccccc21)N1CCCC1. The molecule has 27 heavy (non-hydrogen) atoms. The number of nitrogens with zero attached hydrogens (tertiary/aromatic N) is 3. The van der Waals surface area contributed by atoms with Gasteiger partial charge in [0.05, 0.1) is 17.4 Å². The van der Waals surface area contributed by atoms with E-state index in [0.29, 0.717) is 0 Å². The van der Waals surface area contributed by atoms with Crippen molar-refractivity contribution in [3.05, 3.63) is 59.1 Å². The Morgan fingerprint density at radius 3 is 2.33 bits per heavy atom. The zero-order chi connectivity index (χ0) is 18.8. The smallest absolute Gasteiger partial charge is 0.244 e. The first-order valence-electron chi connectivity index (χ1n) is 9.77. The Balaban J connectivity index is 1.55. The molecule has 0 radical (unpaired) electrons. The van der Waals surface area contributed by atoms with Crippen LogP contribution < -0.4 is 9.80 Å². The lowest BCUT2D eigenvalue weighted by Gasteiger charge is -2.39. The highest BCUT2D eigenvalue weighted by Crippen LogP contribution is 2.34. The van der Waals surface area contributed by atoms with Gasteiger partial charge in [-0.25, -0.2) is 0 Å². The van der Waals surface area contributed by atoms with Gasteiger partial charge in [0, 0.05) is 24.7 Å². The van der Waals surface area contributed by atoms with Crippen LogP contribution in [0.25, 0.3) is 0 Å². The molecule has 0 N–H and O–H groups in total. The van der Waals surface area contributed by atoms with Crippen LogP contribution in [-0.2, 0) is 11.3 Å². The summed E-state index contributed by atoms with van der Waals surface area (Å²) >= 11 is 6.01. The lowest BCUT2D eigenvalue weighted by atomic mass is 10.1. The molecule has 1 fully saturated rings. The molecule has 2 aromatic rings. The van der Waals surface area contributed by atoms with Gasteiger partial charge in [-0.2, -0.15) is 0 Å². The van der Waals surface area contributed by atoms with Crippen molar-refractivity contribution in [1.29, 1.82) is 0 Å². The van der Waals surface area contributed by atoms with E-state index in [4.69, 9.17) is 11.6 Å². The predicted octanol–water partition coefficient (Wildman–Crippen LogP) is 4.18. The van der Waals surface area contributed by atoms with Crippen molar-refractivity contribution in [3.63, 3.8) is 0 Å². The normalized spacial score (nSPS) is 18.4. The van der Waals surface area contributed by atoms with E-state index in [1.54, 1.807) is 0 Å². The van der Waals surface area contributed by atoms with Crippen molar-refractivity contribution in [2.75, 3.05) is 36.0 Å². The fourth-order valence-electron chi connectivity index (χ4n) is 4.14. The average molecular weight is 384 g/mol. The van der Waals surface area contributed by atoms with Crippen LogP contribution in [0, 0.1) is 0 Å². The molecule has 0 saturated carbocycles. The molecule has 5 heteroatoms. The largest absolute Gasteiger partial charge is 0.364 e. The van der Waals surface area contributed by atoms with Crippen LogP contribution >= 0.6 is 11.6 Å². The van der Waals surface area contributed by atoms with Gasteiger partial charge in [0.1, 0.15) is 0 Å². The molecular formula is C22H26ClN3O. The second kappa shape index (κ2) is 7.91. The molecular weight excluding hydrogens is 358 g/mol. The molecule has 1 saturated heterocycles. The summed E-state index contributed by atoms with van der Waals surface area (Å²) in [5.41, 5.74) is 3.37. The lowest BCUT2D eigenvalue weighted by molar-refractivity contribution is -0.122. The number of benzene rings is 2. The third-order valence-corrected chi connectivity index (χ3v) is 5.96. The fourth-order valence-corrected chi connectivity index (χ4v) is 4.26. The minimum Gasteiger partial charge on any atom is -0.364 e. The Bertz CT molecular complexity index is 801. The van der Waals surface area contributed by atoms with Crippen molar-refractivity contribution in [3.8, 4) is 0 Å². The lowest BCUT2D eigenvalue weighted by Crippen LogP contribution is -2.51. The molecule has 0 aromatic heterocycles. The van der Waals surface area contributed by atoms with E-state index in [9.17, 15) is 4.79 Å². The Morgan fingerprint density at radius 2 is 1.63 bits per heavy atom. The van der Waals surface area contributed by atoms with E-state index in [-0.39, 0.29) is 11.9 Å². The first-order valence-corrected chi connectivity index (χ1v) is 10.1. The second-order valence-corrected chi connectivity index (χ2v) is 7.88. The average Bonchev–Trinajstić information content (AvgIpc) is 3.24. The molecule has 2 aliphatic rings. The van der Waals surface area contributed by atoms with Crippen molar-refractivity contribution < 1.29 is 4.79 Å². The first-order chi connectivity index (χ1) is 13.1. The van der Waals surface area contributed by atoms with E-state index in [2.05, 4.69) is 41.0 Å². The van der Waals surface area contributed by atoms with E-state index in [1.807, 2.05) is 29.2 Å². The number of halogens is 1. The highest BCUT2D eigenvalue weighted by Gasteiger charge is 2.32. The van der Waals surface area contributed by atoms with Gasteiger partial charge in [0.15, 0.2) is 0 Å². The number of hydrogen-bond donors (Lipinski definition) is 0. The van der Waals surface area contributed by atoms with Crippen LogP contribution in [0.4, 0.5) is 11.4 Å². The number of hydrogen-bond acceptors (Lipinski definition) is 3. The van der Waals surface area contributed by atoms with Gasteiger partial charge in [-0.15, -0.1) is 0 Å². The molecule has 0 bridgehead atoms. The van der Waals surface area contributed by atoms with E-state index in [1.165, 1.54) is 18.4 Å². The number of rotatable bonds is 4. The number of fused-ring (bicyclic) bond motifs is 1. The maximum absolute atomic E-state index is 13.2. The first kappa shape index (κ1) is 18.3. The third-order valence-electron chi connectivity index (χ3n) is 5.71. The van der Waals surface area contributed by atoms with Gasteiger partial charge in [-0.1, -0.05) is 35.9 Å². The van der Waals surface area contributed by atoms with Gasteiger partial charge in [0.25, 0.3) is 0 Å². The molecule has 2 aromatic carbocycles. The van der Waals surface area contributed by atoms with Crippen LogP contribution in [0.5, 0.6) is 0 Å². The molecule has 4 nitrogen and oxygen atoms in total. The van der Waals surface area contributed by atoms with Crippen LogP contribution in [0.1, 0.15) is 25.3 Å². The molecule has 142 valence electrons. The maximum atomic E-state index is 13.2. The molecule has 2 aliphatic heterocycles. The molecule has 0 aliphatic carbocycles. The minimum absolute atomic E-state index is 0.0524. The number of amides is 1. The number of carbonyl (C=O) groups is 1. The van der Waals surface area contributed by atoms with Crippen molar-refractivity contribution in [2.45, 2.75) is 32.4 Å². The standard InChI is InChI=1S/C22H26ClN3O/c1-17(24-12-4-5-13-24)22(27)26-15-14-25(20-6-2-3-7-21(20)26)16-18-8-10-19(23)11-9-18/h2-3,6-11,17H,4-5,12-16H2,1H3. The molecule has 2 heterocycles. The maximum Gasteiger partial charge on any atom is 0.244 e. The summed E-state index contributed by atoms with van der Waals surface area (Å²) in [6.45, 7) is 6.49. The predicted molar refractivity (Wildman–Crippen MR) is 112 cm³/mol. The van der Waals surface area contributed by atoms with Gasteiger partial charge in [-0.3, -0.25) is 9.69 Å². The van der Waals surface area contributed by atoms with Crippen LogP contribution in [0.15, 0.2) is 48.5 Å². The highest BCUT2D eigenvalue weighted by molar-refractivity contribution is 6.30. The summed E-state index contributed by atoms with van der Waals surface area (Å²) in [6, 6.07) is 16.2. The van der Waals surface area contributed by atoms with Gasteiger partial charge in [0.2, 0.25) is 5.91 Å². The summed E-state index contributed by atoms with van der Waals surface area (Å²) in [7, 11) is 0. The Kier molecular flexibility index (Phi) is 5.37. The zero-order valence-corrected chi connectivity index (χ0v) is 16.5. The summed E-state index contributed by atoms with van der Waals surface area (Å²) in [5.74, 6) is 0.218. The molecule has 1 amide bonds. The van der Waals surface area contributed by atoms with Crippen molar-refractivity contribution in [1.82, 2.24) is 4.90 Å². The van der Waals surface area contributed by atoms with Crippen molar-refractivity contribution in [2.24, 2.45) is 0 Å². The number of likely N-dealkylation sites (tertiary alicyclic amines) is 1. The summed E-state index contributed by atoms with van der Waals surface area (Å²) < 4.78 is 0. The quantitative estimate of drug-likeness (QED) is 0.792. The zero-order valence-electron chi connectivity index (χ0n) is 15.8. The van der Waals surface area contributed by atoms with E-state index in [0.717, 1.165) is 49.1 Å². The Morgan fingerprint density at radius 1 is 0.963 bits per heavy atom. The Labute approximate surface area is 166 Å². The number of para-hydroxylation sites is 2. The van der Waals surface area contributed by atoms with Crippen LogP contribution in [0.3, 0.4) is 0 Å². The van der Waals surface area contributed by atoms with Gasteiger partial charge >= 0.3 is 0 Å². The van der Waals surface area contributed by atoms with E-state index >= 15 is 0 Å². The third kappa shape index (κ3) is 3.83. The summed E-state index contributed by atoms with van der Waals surface area (Å²) in [5, 5.41) is 0.755. The van der Waals surface area contributed by atoms with Crippen LogP contribution in [0.2, 0.25) is 5.02 Å². The van der Waals surface area contributed by atoms with E-state index < -0.39 is 0 Å². The van der Waals surface area contributed by atoms with Gasteiger partial charge in [-0.05, 0) is 62.7 Å². The number of carbonyl (C=O) groups excluding carboxylic acids is 1. The number of anilines is 2. The topological polar surface area (TPSA) is 26.8 Å². The minimum atomic E-state index is -0.0524. The Hall–Kier alpha value is -2.04. The molecule has 1 unspecified atom stereocenters. The van der Waals surface area contributed by atoms with Crippen molar-refractivity contribution >= 4 is 28.9 Å². The van der Waals surface area contributed by atoms with Crippen LogP contribution in [-0.4, -0.2) is 43.0 Å². The fraction of sp³-hybridized carbons (Fsp3) is 0.409. The second-order valence-electron chi connectivity index (χ2n) is 7.45.